The maximum Gasteiger partial charge on any atom is 0.469 e. The molecule has 0 aromatic heterocycles. The van der Waals surface area contributed by atoms with Crippen LogP contribution >= 0.6 is 7.82 Å². The summed E-state index contributed by atoms with van der Waals surface area (Å²) in [6.07, 6.45) is 2.11. The fourth-order valence-corrected chi connectivity index (χ4v) is 3.03. The number of hydrogen-bond donors (Lipinski definition) is 3. The molecule has 25 heavy (non-hydrogen) atoms. The Balaban J connectivity index is 0. The van der Waals surface area contributed by atoms with Gasteiger partial charge in [-0.1, -0.05) is 34.6 Å². The molecule has 0 aromatic carbocycles. The fourth-order valence-electron chi connectivity index (χ4n) is 2.47. The van der Waals surface area contributed by atoms with Gasteiger partial charge in [0, 0.05) is 0 Å². The van der Waals surface area contributed by atoms with E-state index in [1.165, 1.54) is 0 Å². The third-order valence-corrected chi connectivity index (χ3v) is 4.26. The third kappa shape index (κ3) is 18.1. The first kappa shape index (κ1) is 26.8. The molecule has 0 saturated carbocycles. The van der Waals surface area contributed by atoms with Crippen LogP contribution in [0.1, 0.15) is 60.8 Å². The van der Waals surface area contributed by atoms with Crippen molar-refractivity contribution >= 4 is 13.8 Å². The summed E-state index contributed by atoms with van der Waals surface area (Å²) >= 11 is 0. The molecule has 152 valence electrons. The van der Waals surface area contributed by atoms with Crippen molar-refractivity contribution in [1.82, 2.24) is 4.90 Å². The Bertz CT molecular complexity index is 408. The van der Waals surface area contributed by atoms with Gasteiger partial charge in [-0.2, -0.15) is 0 Å². The molecule has 0 saturated heterocycles. The van der Waals surface area contributed by atoms with Crippen LogP contribution in [-0.4, -0.2) is 52.0 Å². The predicted molar refractivity (Wildman–Crippen MR) is 100 cm³/mol. The number of nitrogens with zero attached hydrogens (tertiary/aromatic N) is 1. The molecule has 0 bridgehead atoms. The smallest absolute Gasteiger partial charge is 0.469 e. The lowest BCUT2D eigenvalue weighted by molar-refractivity contribution is -0.141. The van der Waals surface area contributed by atoms with Gasteiger partial charge in [-0.3, -0.25) is 14.2 Å². The first-order valence-electron chi connectivity index (χ1n) is 8.78. The normalized spacial score (nSPS) is 15.7. The van der Waals surface area contributed by atoms with Crippen molar-refractivity contribution in [2.75, 3.05) is 14.1 Å². The van der Waals surface area contributed by atoms with E-state index in [1.54, 1.807) is 25.9 Å². The van der Waals surface area contributed by atoms with Crippen LogP contribution in [0.25, 0.3) is 0 Å². The quantitative estimate of drug-likeness (QED) is 0.495. The van der Waals surface area contributed by atoms with Gasteiger partial charge in [-0.25, -0.2) is 4.57 Å². The Morgan fingerprint density at radius 3 is 1.64 bits per heavy atom. The molecule has 3 N–H and O–H groups in total. The van der Waals surface area contributed by atoms with E-state index >= 15 is 0 Å². The molecule has 7 nitrogen and oxygen atoms in total. The average molecular weight is 383 g/mol. The standard InChI is InChI=1S/C12H27O4P.C5H11NO2/c1-9(2)6-11(5)8-12(7-10(3)4)16-17(13,14)15;1-4(5(7)8)6(2)3/h9-12H,6-8H2,1-5H3,(H2,13,14,15);4H,1-3H3,(H,7,8). The van der Waals surface area contributed by atoms with E-state index in [-0.39, 0.29) is 12.1 Å². The minimum absolute atomic E-state index is 0.343. The molecule has 0 aliphatic carbocycles. The monoisotopic (exact) mass is 383 g/mol. The number of carboxylic acid groups (broad SMARTS) is 1. The van der Waals surface area contributed by atoms with Crippen molar-refractivity contribution < 1.29 is 28.8 Å². The summed E-state index contributed by atoms with van der Waals surface area (Å²) in [6, 6.07) is -0.380. The molecule has 0 aliphatic rings. The largest absolute Gasteiger partial charge is 0.480 e. The number of carboxylic acids is 1. The minimum Gasteiger partial charge on any atom is -0.480 e. The van der Waals surface area contributed by atoms with Crippen molar-refractivity contribution in [3.8, 4) is 0 Å². The van der Waals surface area contributed by atoms with Gasteiger partial charge in [-0.05, 0) is 58.0 Å². The fraction of sp³-hybridized carbons (Fsp3) is 0.941. The Kier molecular flexibility index (Phi) is 13.7. The number of hydrogen-bond acceptors (Lipinski definition) is 4. The molecule has 8 heteroatoms. The summed E-state index contributed by atoms with van der Waals surface area (Å²) in [6.45, 7) is 12.1. The van der Waals surface area contributed by atoms with E-state index in [0.29, 0.717) is 30.6 Å². The number of phosphoric ester groups is 1. The van der Waals surface area contributed by atoms with Gasteiger partial charge >= 0.3 is 13.8 Å². The number of likely N-dealkylation sites (N-methyl/N-ethyl adjacent to an activating group) is 1. The highest BCUT2D eigenvalue weighted by atomic mass is 31.2. The second-order valence-corrected chi connectivity index (χ2v) is 8.99. The summed E-state index contributed by atoms with van der Waals surface area (Å²) in [4.78, 5) is 29.5. The van der Waals surface area contributed by atoms with Crippen LogP contribution < -0.4 is 0 Å². The van der Waals surface area contributed by atoms with Crippen molar-refractivity contribution in [2.24, 2.45) is 17.8 Å². The number of phosphoric acid groups is 1. The summed E-state index contributed by atoms with van der Waals surface area (Å²) in [5.74, 6) is 0.609. The number of carbonyl (C=O) groups is 1. The van der Waals surface area contributed by atoms with E-state index in [1.807, 2.05) is 13.8 Å². The molecule has 3 unspecified atom stereocenters. The lowest BCUT2D eigenvalue weighted by Gasteiger charge is -2.24. The first-order valence-corrected chi connectivity index (χ1v) is 10.3. The van der Waals surface area contributed by atoms with Gasteiger partial charge in [0.1, 0.15) is 6.04 Å². The number of rotatable bonds is 10. The molecular weight excluding hydrogens is 345 g/mol. The molecule has 0 fully saturated rings. The van der Waals surface area contributed by atoms with E-state index in [2.05, 4.69) is 20.8 Å². The van der Waals surface area contributed by atoms with Crippen molar-refractivity contribution in [3.05, 3.63) is 0 Å². The Hall–Kier alpha value is -0.460. The van der Waals surface area contributed by atoms with Crippen LogP contribution in [0.2, 0.25) is 0 Å². The molecule has 0 aliphatic heterocycles. The zero-order valence-corrected chi connectivity index (χ0v) is 17.9. The van der Waals surface area contributed by atoms with Gasteiger partial charge in [0.05, 0.1) is 6.10 Å². The zero-order valence-electron chi connectivity index (χ0n) is 17.0. The lowest BCUT2D eigenvalue weighted by Crippen LogP contribution is -2.32. The SMILES string of the molecule is CC(C(=O)O)N(C)C.CC(C)CC(C)CC(CC(C)C)OP(=O)(O)O. The lowest BCUT2D eigenvalue weighted by atomic mass is 9.91. The average Bonchev–Trinajstić information content (AvgIpc) is 2.33. The number of aliphatic carboxylic acids is 1. The summed E-state index contributed by atoms with van der Waals surface area (Å²) in [5.41, 5.74) is 0. The second kappa shape index (κ2) is 12.8. The molecule has 0 rings (SSSR count). The highest BCUT2D eigenvalue weighted by molar-refractivity contribution is 7.46. The summed E-state index contributed by atoms with van der Waals surface area (Å²) in [7, 11) is -0.899. The van der Waals surface area contributed by atoms with E-state index in [9.17, 15) is 9.36 Å². The van der Waals surface area contributed by atoms with E-state index < -0.39 is 13.8 Å². The molecule has 0 radical (unpaired) electrons. The Labute approximate surface area is 153 Å². The Morgan fingerprint density at radius 1 is 0.960 bits per heavy atom. The van der Waals surface area contributed by atoms with E-state index in [0.717, 1.165) is 6.42 Å². The van der Waals surface area contributed by atoms with Crippen LogP contribution in [-0.2, 0) is 13.9 Å². The van der Waals surface area contributed by atoms with Gasteiger partial charge in [0.2, 0.25) is 0 Å². The topological polar surface area (TPSA) is 107 Å². The Morgan fingerprint density at radius 2 is 1.40 bits per heavy atom. The summed E-state index contributed by atoms with van der Waals surface area (Å²) in [5, 5.41) is 8.31. The predicted octanol–water partition coefficient (Wildman–Crippen LogP) is 3.60. The molecule has 0 aromatic rings. The second-order valence-electron chi connectivity index (χ2n) is 7.80. The molecule has 0 spiro atoms. The summed E-state index contributed by atoms with van der Waals surface area (Å²) < 4.78 is 15.8. The molecule has 0 heterocycles. The van der Waals surface area contributed by atoms with Gasteiger partial charge in [0.15, 0.2) is 0 Å². The van der Waals surface area contributed by atoms with Crippen LogP contribution in [0.5, 0.6) is 0 Å². The first-order chi connectivity index (χ1) is 11.2. The van der Waals surface area contributed by atoms with Crippen molar-refractivity contribution in [1.29, 1.82) is 0 Å². The molecule has 3 atom stereocenters. The van der Waals surface area contributed by atoms with Crippen molar-refractivity contribution in [2.45, 2.75) is 73.0 Å². The van der Waals surface area contributed by atoms with E-state index in [4.69, 9.17) is 19.4 Å². The molecule has 0 amide bonds. The highest BCUT2D eigenvalue weighted by Crippen LogP contribution is 2.40. The van der Waals surface area contributed by atoms with Crippen LogP contribution in [0, 0.1) is 17.8 Å². The van der Waals surface area contributed by atoms with Crippen LogP contribution in [0.3, 0.4) is 0 Å². The van der Waals surface area contributed by atoms with Gasteiger partial charge in [0.25, 0.3) is 0 Å². The maximum atomic E-state index is 10.9. The van der Waals surface area contributed by atoms with Gasteiger partial charge < -0.3 is 14.9 Å². The minimum atomic E-state index is -4.37. The van der Waals surface area contributed by atoms with Crippen LogP contribution in [0.15, 0.2) is 0 Å². The van der Waals surface area contributed by atoms with Crippen LogP contribution in [0.4, 0.5) is 0 Å². The maximum absolute atomic E-state index is 10.9. The third-order valence-electron chi connectivity index (χ3n) is 3.69. The van der Waals surface area contributed by atoms with Crippen molar-refractivity contribution in [3.63, 3.8) is 0 Å². The molecular formula is C17H38NO6P. The zero-order chi connectivity index (χ0) is 20.4. The highest BCUT2D eigenvalue weighted by Gasteiger charge is 2.24. The van der Waals surface area contributed by atoms with Gasteiger partial charge in [-0.15, -0.1) is 0 Å².